The molecule has 162 valence electrons. The highest BCUT2D eigenvalue weighted by molar-refractivity contribution is 7.89. The first-order valence-corrected chi connectivity index (χ1v) is 11.9. The topological polar surface area (TPSA) is 78.5 Å². The highest BCUT2D eigenvalue weighted by atomic mass is 32.2. The van der Waals surface area contributed by atoms with Crippen molar-refractivity contribution in [3.8, 4) is 0 Å². The zero-order valence-electron chi connectivity index (χ0n) is 17.7. The Morgan fingerprint density at radius 2 is 1.80 bits per heavy atom. The lowest BCUT2D eigenvalue weighted by Gasteiger charge is -2.28. The second kappa shape index (κ2) is 10.2. The van der Waals surface area contributed by atoms with E-state index in [2.05, 4.69) is 22.0 Å². The summed E-state index contributed by atoms with van der Waals surface area (Å²) in [4.78, 5) is 15.0. The largest absolute Gasteiger partial charge is 0.352 e. The molecule has 1 saturated heterocycles. The minimum atomic E-state index is -3.72. The first-order valence-electron chi connectivity index (χ1n) is 10.5. The van der Waals surface area contributed by atoms with Crippen LogP contribution in [-0.4, -0.2) is 45.9 Å². The molecule has 0 atom stereocenters. The third-order valence-corrected chi connectivity index (χ3v) is 7.27. The number of hydrogen-bond acceptors (Lipinski definition) is 4. The average molecular weight is 430 g/mol. The zero-order chi connectivity index (χ0) is 21.6. The van der Waals surface area contributed by atoms with Crippen molar-refractivity contribution in [2.45, 2.75) is 37.6 Å². The Morgan fingerprint density at radius 1 is 1.10 bits per heavy atom. The molecule has 0 unspecified atom stereocenters. The van der Waals surface area contributed by atoms with Crippen LogP contribution in [0.5, 0.6) is 0 Å². The van der Waals surface area contributed by atoms with Gasteiger partial charge < -0.3 is 10.2 Å². The summed E-state index contributed by atoms with van der Waals surface area (Å²) in [7, 11) is -1.59. The second-order valence-corrected chi connectivity index (χ2v) is 9.82. The molecular weight excluding hydrogens is 398 g/mol. The number of nitrogens with zero attached hydrogens (tertiary/aromatic N) is 1. The molecule has 2 N–H and O–H groups in total. The van der Waals surface area contributed by atoms with Crippen LogP contribution in [0.1, 0.15) is 40.7 Å². The van der Waals surface area contributed by atoms with E-state index in [-0.39, 0.29) is 17.3 Å². The van der Waals surface area contributed by atoms with Crippen molar-refractivity contribution in [1.82, 2.24) is 14.9 Å². The molecule has 7 heteroatoms. The molecule has 1 heterocycles. The number of amides is 1. The van der Waals surface area contributed by atoms with E-state index in [4.69, 9.17) is 0 Å². The van der Waals surface area contributed by atoms with Gasteiger partial charge in [0.1, 0.15) is 0 Å². The second-order valence-electron chi connectivity index (χ2n) is 8.08. The molecule has 1 fully saturated rings. The molecule has 30 heavy (non-hydrogen) atoms. The fraction of sp³-hybridized carbons (Fsp3) is 0.435. The molecule has 1 amide bonds. The monoisotopic (exact) mass is 429 g/mol. The first kappa shape index (κ1) is 22.5. The molecule has 1 aliphatic heterocycles. The van der Waals surface area contributed by atoms with E-state index in [0.717, 1.165) is 37.9 Å². The number of carbonyl (C=O) groups excluding carboxylic acids is 1. The van der Waals surface area contributed by atoms with Gasteiger partial charge in [-0.2, -0.15) is 0 Å². The highest BCUT2D eigenvalue weighted by Gasteiger charge is 2.20. The van der Waals surface area contributed by atoms with Crippen LogP contribution < -0.4 is 10.0 Å². The molecule has 0 spiro atoms. The van der Waals surface area contributed by atoms with Gasteiger partial charge in [0.05, 0.1) is 4.90 Å². The van der Waals surface area contributed by atoms with Crippen molar-refractivity contribution >= 4 is 15.9 Å². The van der Waals surface area contributed by atoms with Gasteiger partial charge in [0.15, 0.2) is 0 Å². The Balaban J connectivity index is 1.60. The third kappa shape index (κ3) is 6.14. The number of aryl methyl sites for hydroxylation is 1. The predicted molar refractivity (Wildman–Crippen MR) is 119 cm³/mol. The molecule has 0 bridgehead atoms. The Labute approximate surface area is 179 Å². The maximum Gasteiger partial charge on any atom is 0.251 e. The number of piperidine rings is 1. The molecule has 2 aromatic rings. The smallest absolute Gasteiger partial charge is 0.251 e. The summed E-state index contributed by atoms with van der Waals surface area (Å²) in [6, 6.07) is 14.2. The van der Waals surface area contributed by atoms with Gasteiger partial charge in [0.25, 0.3) is 5.91 Å². The summed E-state index contributed by atoms with van der Waals surface area (Å²) in [5.74, 6) is 0.403. The Kier molecular flexibility index (Phi) is 7.64. The van der Waals surface area contributed by atoms with Gasteiger partial charge in [-0.1, -0.05) is 36.4 Å². The lowest BCUT2D eigenvalue weighted by atomic mass is 9.94. The van der Waals surface area contributed by atoms with Crippen LogP contribution >= 0.6 is 0 Å². The van der Waals surface area contributed by atoms with E-state index in [1.165, 1.54) is 6.07 Å². The lowest BCUT2D eigenvalue weighted by Crippen LogP contribution is -2.32. The zero-order valence-corrected chi connectivity index (χ0v) is 18.5. The Bertz CT molecular complexity index is 953. The SMILES string of the molecule is Cc1ccc(C(=O)NCCC2CCN(C)CC2)cc1S(=O)(=O)NCc1ccccc1. The number of rotatable bonds is 8. The molecule has 3 rings (SSSR count). The van der Waals surface area contributed by atoms with Crippen molar-refractivity contribution < 1.29 is 13.2 Å². The van der Waals surface area contributed by atoms with Crippen molar-refractivity contribution in [2.24, 2.45) is 5.92 Å². The van der Waals surface area contributed by atoms with Gasteiger partial charge >= 0.3 is 0 Å². The first-order chi connectivity index (χ1) is 14.3. The third-order valence-electron chi connectivity index (χ3n) is 5.73. The van der Waals surface area contributed by atoms with E-state index in [9.17, 15) is 13.2 Å². The van der Waals surface area contributed by atoms with E-state index in [1.54, 1.807) is 19.1 Å². The number of sulfonamides is 1. The molecule has 0 aromatic heterocycles. The van der Waals surface area contributed by atoms with Gasteiger partial charge in [0, 0.05) is 18.7 Å². The van der Waals surface area contributed by atoms with Crippen LogP contribution in [0.25, 0.3) is 0 Å². The van der Waals surface area contributed by atoms with E-state index >= 15 is 0 Å². The summed E-state index contributed by atoms with van der Waals surface area (Å²) >= 11 is 0. The maximum atomic E-state index is 12.8. The van der Waals surface area contributed by atoms with Crippen LogP contribution in [-0.2, 0) is 16.6 Å². The van der Waals surface area contributed by atoms with E-state index in [1.807, 2.05) is 30.3 Å². The van der Waals surface area contributed by atoms with Crippen LogP contribution in [0.2, 0.25) is 0 Å². The van der Waals surface area contributed by atoms with Crippen molar-refractivity contribution in [2.75, 3.05) is 26.7 Å². The molecule has 6 nitrogen and oxygen atoms in total. The number of nitrogens with one attached hydrogen (secondary N) is 2. The van der Waals surface area contributed by atoms with Crippen molar-refractivity contribution in [3.63, 3.8) is 0 Å². The summed E-state index contributed by atoms with van der Waals surface area (Å²) in [6.07, 6.45) is 3.27. The van der Waals surface area contributed by atoms with Gasteiger partial charge in [-0.25, -0.2) is 13.1 Å². The fourth-order valence-electron chi connectivity index (χ4n) is 3.73. The summed E-state index contributed by atoms with van der Waals surface area (Å²) in [5.41, 5.74) is 1.85. The number of carbonyl (C=O) groups is 1. The normalized spacial score (nSPS) is 15.8. The average Bonchev–Trinajstić information content (AvgIpc) is 2.74. The number of benzene rings is 2. The van der Waals surface area contributed by atoms with Gasteiger partial charge in [0.2, 0.25) is 10.0 Å². The van der Waals surface area contributed by atoms with E-state index in [0.29, 0.717) is 23.6 Å². The number of hydrogen-bond donors (Lipinski definition) is 2. The minimum absolute atomic E-state index is 0.140. The fourth-order valence-corrected chi connectivity index (χ4v) is 5.01. The Morgan fingerprint density at radius 3 is 2.50 bits per heavy atom. The quantitative estimate of drug-likeness (QED) is 0.676. The van der Waals surface area contributed by atoms with Crippen LogP contribution in [0, 0.1) is 12.8 Å². The van der Waals surface area contributed by atoms with Crippen molar-refractivity contribution in [1.29, 1.82) is 0 Å². The number of likely N-dealkylation sites (tertiary alicyclic amines) is 1. The molecular formula is C23H31N3O3S. The van der Waals surface area contributed by atoms with Gasteiger partial charge in [-0.3, -0.25) is 4.79 Å². The standard InChI is InChI=1S/C23H31N3O3S/c1-18-8-9-21(23(27)24-13-10-19-11-14-26(2)15-12-19)16-22(18)30(28,29)25-17-20-6-4-3-5-7-20/h3-9,16,19,25H,10-15,17H2,1-2H3,(H,24,27). The Hall–Kier alpha value is -2.22. The van der Waals surface area contributed by atoms with Gasteiger partial charge in [-0.15, -0.1) is 0 Å². The van der Waals surface area contributed by atoms with E-state index < -0.39 is 10.0 Å². The van der Waals surface area contributed by atoms with Crippen LogP contribution in [0.4, 0.5) is 0 Å². The highest BCUT2D eigenvalue weighted by Crippen LogP contribution is 2.20. The molecule has 0 radical (unpaired) electrons. The summed E-state index contributed by atoms with van der Waals surface area (Å²) < 4.78 is 28.2. The lowest BCUT2D eigenvalue weighted by molar-refractivity contribution is 0.0948. The van der Waals surface area contributed by atoms with Crippen molar-refractivity contribution in [3.05, 3.63) is 65.2 Å². The molecule has 0 saturated carbocycles. The molecule has 1 aliphatic rings. The summed E-state index contributed by atoms with van der Waals surface area (Å²) in [6.45, 7) is 4.76. The minimum Gasteiger partial charge on any atom is -0.352 e. The maximum absolute atomic E-state index is 12.8. The van der Waals surface area contributed by atoms with Crippen LogP contribution in [0.15, 0.2) is 53.4 Å². The molecule has 0 aliphatic carbocycles. The summed E-state index contributed by atoms with van der Waals surface area (Å²) in [5, 5.41) is 2.95. The van der Waals surface area contributed by atoms with Gasteiger partial charge in [-0.05, 0) is 75.5 Å². The predicted octanol–water partition coefficient (Wildman–Crippen LogP) is 2.94. The van der Waals surface area contributed by atoms with Crippen LogP contribution in [0.3, 0.4) is 0 Å². The molecule has 2 aromatic carbocycles.